The van der Waals surface area contributed by atoms with Gasteiger partial charge in [-0.15, -0.1) is 0 Å². The molecular formula is C24H30N4S. The number of hydrogen-bond donors (Lipinski definition) is 1. The fourth-order valence-electron chi connectivity index (χ4n) is 4.61. The van der Waals surface area contributed by atoms with Crippen molar-refractivity contribution in [1.29, 1.82) is 0 Å². The number of anilines is 1. The summed E-state index contributed by atoms with van der Waals surface area (Å²) in [5.41, 5.74) is 6.24. The Kier molecular flexibility index (Phi) is 5.11. The van der Waals surface area contributed by atoms with Crippen molar-refractivity contribution in [2.45, 2.75) is 51.7 Å². The number of likely N-dealkylation sites (N-methyl/N-ethyl adjacent to an activating group) is 1. The van der Waals surface area contributed by atoms with Crippen molar-refractivity contribution in [1.82, 2.24) is 15.2 Å². The summed E-state index contributed by atoms with van der Waals surface area (Å²) in [5, 5.41) is 4.35. The van der Waals surface area contributed by atoms with Gasteiger partial charge in [0.25, 0.3) is 0 Å². The minimum Gasteiger partial charge on any atom is -0.366 e. The van der Waals surface area contributed by atoms with E-state index in [4.69, 9.17) is 12.2 Å². The molecule has 2 unspecified atom stereocenters. The summed E-state index contributed by atoms with van der Waals surface area (Å²) < 4.78 is 0. The predicted octanol–water partition coefficient (Wildman–Crippen LogP) is 5.10. The van der Waals surface area contributed by atoms with E-state index in [1.54, 1.807) is 0 Å². The Morgan fingerprint density at radius 1 is 1.21 bits per heavy atom. The number of benzene rings is 1. The van der Waals surface area contributed by atoms with Crippen LogP contribution >= 0.6 is 12.2 Å². The van der Waals surface area contributed by atoms with E-state index in [1.807, 2.05) is 18.3 Å². The predicted molar refractivity (Wildman–Crippen MR) is 125 cm³/mol. The fraction of sp³-hybridized carbons (Fsp3) is 0.417. The molecule has 152 valence electrons. The first-order chi connectivity index (χ1) is 13.8. The molecular weight excluding hydrogens is 376 g/mol. The molecule has 5 heteroatoms. The second kappa shape index (κ2) is 7.45. The van der Waals surface area contributed by atoms with E-state index < -0.39 is 0 Å². The summed E-state index contributed by atoms with van der Waals surface area (Å²) in [7, 11) is 2.17. The lowest BCUT2D eigenvalue weighted by molar-refractivity contribution is 0.317. The standard InChI is InChI=1S/C24H30N4S/c1-6-13-28-22(21(26-23(28)29)19-9-7-8-12-25-19)17-10-11-20-18(14-17)16(2)15-24(3,4)27(20)5/h7-12,14-15,21-22H,6,13H2,1-5H3,(H,26,29). The number of pyridine rings is 1. The van der Waals surface area contributed by atoms with Crippen LogP contribution in [0.1, 0.15) is 63.0 Å². The molecule has 0 bridgehead atoms. The largest absolute Gasteiger partial charge is 0.366 e. The van der Waals surface area contributed by atoms with Crippen molar-refractivity contribution in [3.05, 3.63) is 65.5 Å². The van der Waals surface area contributed by atoms with Crippen molar-refractivity contribution in [3.8, 4) is 0 Å². The van der Waals surface area contributed by atoms with Crippen LogP contribution in [0, 0.1) is 0 Å². The maximum absolute atomic E-state index is 5.72. The Hall–Kier alpha value is -2.40. The van der Waals surface area contributed by atoms with Gasteiger partial charge in [-0.1, -0.05) is 25.1 Å². The van der Waals surface area contributed by atoms with Gasteiger partial charge in [-0.05, 0) is 74.8 Å². The number of fused-ring (bicyclic) bond motifs is 1. The quantitative estimate of drug-likeness (QED) is 0.715. The van der Waals surface area contributed by atoms with Gasteiger partial charge >= 0.3 is 0 Å². The zero-order valence-electron chi connectivity index (χ0n) is 17.9. The number of allylic oxidation sites excluding steroid dienone is 1. The van der Waals surface area contributed by atoms with Gasteiger partial charge in [0.1, 0.15) is 0 Å². The summed E-state index contributed by atoms with van der Waals surface area (Å²) >= 11 is 5.72. The summed E-state index contributed by atoms with van der Waals surface area (Å²) in [6.45, 7) is 9.86. The average molecular weight is 407 g/mol. The van der Waals surface area contributed by atoms with Crippen LogP contribution in [-0.2, 0) is 0 Å². The molecule has 1 aromatic heterocycles. The zero-order chi connectivity index (χ0) is 20.8. The highest BCUT2D eigenvalue weighted by molar-refractivity contribution is 7.80. The lowest BCUT2D eigenvalue weighted by Gasteiger charge is -2.41. The molecule has 2 aromatic rings. The molecule has 29 heavy (non-hydrogen) atoms. The minimum atomic E-state index is 0.0137. The highest BCUT2D eigenvalue weighted by atomic mass is 32.1. The van der Waals surface area contributed by atoms with Crippen LogP contribution in [0.15, 0.2) is 48.7 Å². The molecule has 4 nitrogen and oxygen atoms in total. The van der Waals surface area contributed by atoms with E-state index in [0.29, 0.717) is 0 Å². The molecule has 1 fully saturated rings. The van der Waals surface area contributed by atoms with Crippen LogP contribution in [-0.4, -0.2) is 34.1 Å². The van der Waals surface area contributed by atoms with Crippen molar-refractivity contribution >= 4 is 28.6 Å². The van der Waals surface area contributed by atoms with E-state index in [9.17, 15) is 0 Å². The van der Waals surface area contributed by atoms with E-state index in [0.717, 1.165) is 23.8 Å². The first kappa shape index (κ1) is 19.9. The van der Waals surface area contributed by atoms with Crippen molar-refractivity contribution in [3.63, 3.8) is 0 Å². The van der Waals surface area contributed by atoms with Gasteiger partial charge in [0.2, 0.25) is 0 Å². The molecule has 2 atom stereocenters. The van der Waals surface area contributed by atoms with Gasteiger partial charge in [0.05, 0.1) is 23.3 Å². The van der Waals surface area contributed by atoms with Crippen LogP contribution in [0.5, 0.6) is 0 Å². The normalized spacial score (nSPS) is 22.9. The smallest absolute Gasteiger partial charge is 0.170 e. The summed E-state index contributed by atoms with van der Waals surface area (Å²) in [6.07, 6.45) is 5.27. The van der Waals surface area contributed by atoms with E-state index >= 15 is 0 Å². The topological polar surface area (TPSA) is 31.4 Å². The van der Waals surface area contributed by atoms with Crippen LogP contribution < -0.4 is 10.2 Å². The molecule has 0 radical (unpaired) electrons. The molecule has 1 N–H and O–H groups in total. The minimum absolute atomic E-state index is 0.0137. The Morgan fingerprint density at radius 2 is 2.00 bits per heavy atom. The second-order valence-electron chi connectivity index (χ2n) is 8.64. The zero-order valence-corrected chi connectivity index (χ0v) is 18.8. The molecule has 0 spiro atoms. The Morgan fingerprint density at radius 3 is 2.69 bits per heavy atom. The summed E-state index contributed by atoms with van der Waals surface area (Å²) in [4.78, 5) is 9.31. The van der Waals surface area contributed by atoms with Crippen molar-refractivity contribution in [2.75, 3.05) is 18.5 Å². The molecule has 2 aliphatic rings. The third-order valence-corrected chi connectivity index (χ3v) is 6.60. The van der Waals surface area contributed by atoms with Crippen LogP contribution in [0.3, 0.4) is 0 Å². The number of aromatic nitrogens is 1. The number of rotatable bonds is 4. The lowest BCUT2D eigenvalue weighted by Crippen LogP contribution is -2.42. The SMILES string of the molecule is CCCN1C(=S)NC(c2ccccn2)C1c1ccc2c(c1)C(C)=CC(C)(C)N2C. The molecule has 2 aliphatic heterocycles. The number of thiocarbonyl (C=S) groups is 1. The van der Waals surface area contributed by atoms with Crippen LogP contribution in [0.4, 0.5) is 5.69 Å². The lowest BCUT2D eigenvalue weighted by atomic mass is 9.86. The van der Waals surface area contributed by atoms with Gasteiger partial charge in [0, 0.05) is 31.0 Å². The molecule has 3 heterocycles. The summed E-state index contributed by atoms with van der Waals surface area (Å²) in [5.74, 6) is 0. The first-order valence-corrected chi connectivity index (χ1v) is 10.8. The van der Waals surface area contributed by atoms with Gasteiger partial charge in [-0.25, -0.2) is 0 Å². The molecule has 4 rings (SSSR count). The maximum atomic E-state index is 5.72. The van der Waals surface area contributed by atoms with Crippen molar-refractivity contribution < 1.29 is 0 Å². The second-order valence-corrected chi connectivity index (χ2v) is 9.02. The average Bonchev–Trinajstić information content (AvgIpc) is 3.03. The molecule has 1 saturated heterocycles. The van der Waals surface area contributed by atoms with Crippen LogP contribution in [0.2, 0.25) is 0 Å². The number of hydrogen-bond acceptors (Lipinski definition) is 3. The van der Waals surface area contributed by atoms with Crippen molar-refractivity contribution in [2.24, 2.45) is 0 Å². The monoisotopic (exact) mass is 406 g/mol. The molecule has 1 aromatic carbocycles. The van der Waals surface area contributed by atoms with Gasteiger partial charge < -0.3 is 15.1 Å². The van der Waals surface area contributed by atoms with E-state index in [2.05, 4.69) is 85.2 Å². The van der Waals surface area contributed by atoms with Gasteiger partial charge in [0.15, 0.2) is 5.11 Å². The maximum Gasteiger partial charge on any atom is 0.170 e. The molecule has 0 aliphatic carbocycles. The Labute approximate surface area is 179 Å². The Bertz CT molecular complexity index is 951. The highest BCUT2D eigenvalue weighted by Gasteiger charge is 2.40. The third-order valence-electron chi connectivity index (χ3n) is 6.24. The first-order valence-electron chi connectivity index (χ1n) is 10.4. The number of nitrogens with zero attached hydrogens (tertiary/aromatic N) is 3. The molecule has 0 amide bonds. The Balaban J connectivity index is 1.80. The van der Waals surface area contributed by atoms with E-state index in [1.165, 1.54) is 22.4 Å². The number of nitrogens with one attached hydrogen (secondary N) is 1. The highest BCUT2D eigenvalue weighted by Crippen LogP contribution is 2.43. The van der Waals surface area contributed by atoms with Gasteiger partial charge in [-0.3, -0.25) is 4.98 Å². The van der Waals surface area contributed by atoms with Gasteiger partial charge in [-0.2, -0.15) is 0 Å². The van der Waals surface area contributed by atoms with Crippen LogP contribution in [0.25, 0.3) is 5.57 Å². The van der Waals surface area contributed by atoms with E-state index in [-0.39, 0.29) is 17.6 Å². The molecule has 0 saturated carbocycles. The third kappa shape index (κ3) is 3.42. The fourth-order valence-corrected chi connectivity index (χ4v) is 4.94. The summed E-state index contributed by atoms with van der Waals surface area (Å²) in [6, 6.07) is 13.2.